The van der Waals surface area contributed by atoms with E-state index in [9.17, 15) is 13.2 Å². The van der Waals surface area contributed by atoms with Crippen LogP contribution in [0.25, 0.3) is 0 Å². The molecule has 0 unspecified atom stereocenters. The second-order valence-corrected chi connectivity index (χ2v) is 3.69. The third-order valence-electron chi connectivity index (χ3n) is 1.54. The van der Waals surface area contributed by atoms with Crippen LogP contribution in [0.15, 0.2) is 18.2 Å². The van der Waals surface area contributed by atoms with Crippen LogP contribution in [0.5, 0.6) is 5.75 Å². The van der Waals surface area contributed by atoms with Crippen LogP contribution in [0.4, 0.5) is 13.2 Å². The molecule has 0 aliphatic rings. The molecule has 6 heteroatoms. The Bertz CT molecular complexity index is 397. The number of ether oxygens (including phenoxy) is 1. The molecule has 0 saturated heterocycles. The summed E-state index contributed by atoms with van der Waals surface area (Å²) in [6.45, 7) is 0. The lowest BCUT2D eigenvalue weighted by atomic mass is 10.1. The summed E-state index contributed by atoms with van der Waals surface area (Å²) in [6, 6.07) is 6.11. The number of halogens is 4. The van der Waals surface area contributed by atoms with Gasteiger partial charge >= 0.3 is 6.36 Å². The van der Waals surface area contributed by atoms with E-state index >= 15 is 0 Å². The minimum Gasteiger partial charge on any atom is -0.405 e. The number of alkyl halides is 3. The van der Waals surface area contributed by atoms with Gasteiger partial charge in [-0.2, -0.15) is 5.26 Å². The first-order chi connectivity index (χ1) is 6.94. The summed E-state index contributed by atoms with van der Waals surface area (Å²) >= 11 is 1.73. The van der Waals surface area contributed by atoms with E-state index in [2.05, 4.69) is 4.74 Å². The molecule has 80 valence electrons. The molecule has 0 fully saturated rings. The number of nitriles is 1. The van der Waals surface area contributed by atoms with Gasteiger partial charge in [-0.1, -0.05) is 12.1 Å². The summed E-state index contributed by atoms with van der Waals surface area (Å²) < 4.78 is 40.0. The second-order valence-electron chi connectivity index (χ2n) is 2.61. The molecule has 15 heavy (non-hydrogen) atoms. The van der Waals surface area contributed by atoms with Gasteiger partial charge in [0.1, 0.15) is 5.75 Å². The Kier molecular flexibility index (Phi) is 3.79. The van der Waals surface area contributed by atoms with Crippen molar-refractivity contribution in [2.75, 3.05) is 0 Å². The number of hydrogen-bond acceptors (Lipinski definition) is 2. The van der Waals surface area contributed by atoms with Crippen molar-refractivity contribution >= 4 is 22.6 Å². The van der Waals surface area contributed by atoms with Crippen molar-refractivity contribution in [2.45, 2.75) is 12.8 Å². The minimum atomic E-state index is -4.70. The maximum atomic E-state index is 11.9. The van der Waals surface area contributed by atoms with Crippen LogP contribution in [-0.4, -0.2) is 6.36 Å². The molecule has 1 aromatic rings. The van der Waals surface area contributed by atoms with Gasteiger partial charge in [0.25, 0.3) is 0 Å². The monoisotopic (exact) mass is 327 g/mol. The number of benzene rings is 1. The molecule has 0 spiro atoms. The molecule has 1 aromatic carbocycles. The molecule has 0 bridgehead atoms. The zero-order chi connectivity index (χ0) is 11.5. The van der Waals surface area contributed by atoms with Crippen molar-refractivity contribution in [3.05, 3.63) is 27.3 Å². The number of rotatable bonds is 2. The molecular weight excluding hydrogens is 322 g/mol. The standard InChI is InChI=1S/C9H5F3INO/c10-9(11,12)15-7-3-1-2-6(4-5-14)8(7)13/h1-3H,4H2. The quantitative estimate of drug-likeness (QED) is 0.781. The smallest absolute Gasteiger partial charge is 0.405 e. The Morgan fingerprint density at radius 2 is 2.07 bits per heavy atom. The van der Waals surface area contributed by atoms with Gasteiger partial charge in [0.05, 0.1) is 16.1 Å². The fourth-order valence-electron chi connectivity index (χ4n) is 0.981. The van der Waals surface area contributed by atoms with Crippen LogP contribution in [0.3, 0.4) is 0 Å². The van der Waals surface area contributed by atoms with Gasteiger partial charge in [0.15, 0.2) is 0 Å². The summed E-state index contributed by atoms with van der Waals surface area (Å²) in [7, 11) is 0. The maximum absolute atomic E-state index is 11.9. The van der Waals surface area contributed by atoms with Crippen LogP contribution in [0, 0.1) is 14.9 Å². The number of nitrogens with zero attached hydrogens (tertiary/aromatic N) is 1. The third kappa shape index (κ3) is 3.58. The molecule has 0 aromatic heterocycles. The van der Waals surface area contributed by atoms with E-state index < -0.39 is 6.36 Å². The molecule has 0 radical (unpaired) electrons. The van der Waals surface area contributed by atoms with E-state index in [0.717, 1.165) is 0 Å². The van der Waals surface area contributed by atoms with Gasteiger partial charge in [-0.05, 0) is 34.2 Å². The molecule has 2 nitrogen and oxygen atoms in total. The van der Waals surface area contributed by atoms with Crippen molar-refractivity contribution in [3.63, 3.8) is 0 Å². The van der Waals surface area contributed by atoms with Crippen molar-refractivity contribution in [1.82, 2.24) is 0 Å². The SMILES string of the molecule is N#CCc1cccc(OC(F)(F)F)c1I. The first-order valence-electron chi connectivity index (χ1n) is 3.84. The number of hydrogen-bond donors (Lipinski definition) is 0. The van der Waals surface area contributed by atoms with Crippen LogP contribution in [0.2, 0.25) is 0 Å². The van der Waals surface area contributed by atoms with E-state index in [1.807, 2.05) is 6.07 Å². The molecule has 0 saturated carbocycles. The molecule has 0 aliphatic carbocycles. The summed E-state index contributed by atoms with van der Waals surface area (Å²) in [6.07, 6.45) is -4.64. The first kappa shape index (κ1) is 12.1. The molecular formula is C9H5F3INO. The molecule has 0 heterocycles. The highest BCUT2D eigenvalue weighted by Gasteiger charge is 2.32. The molecule has 0 amide bonds. The molecule has 1 rings (SSSR count). The Labute approximate surface area is 97.8 Å². The Morgan fingerprint density at radius 3 is 2.60 bits per heavy atom. The fraction of sp³-hybridized carbons (Fsp3) is 0.222. The average molecular weight is 327 g/mol. The van der Waals surface area contributed by atoms with E-state index in [0.29, 0.717) is 9.13 Å². The van der Waals surface area contributed by atoms with Crippen LogP contribution in [-0.2, 0) is 6.42 Å². The summed E-state index contributed by atoms with van der Waals surface area (Å²) in [5, 5.41) is 8.45. The second kappa shape index (κ2) is 4.70. The Balaban J connectivity index is 3.00. The normalized spacial score (nSPS) is 10.9. The van der Waals surface area contributed by atoms with Gasteiger partial charge in [0, 0.05) is 0 Å². The van der Waals surface area contributed by atoms with Crippen molar-refractivity contribution in [3.8, 4) is 11.8 Å². The van der Waals surface area contributed by atoms with E-state index in [1.165, 1.54) is 12.1 Å². The van der Waals surface area contributed by atoms with Crippen LogP contribution in [0.1, 0.15) is 5.56 Å². The Morgan fingerprint density at radius 1 is 1.40 bits per heavy atom. The summed E-state index contributed by atoms with van der Waals surface area (Å²) in [5.74, 6) is -0.268. The Hall–Kier alpha value is -0.970. The van der Waals surface area contributed by atoms with E-state index in [-0.39, 0.29) is 12.2 Å². The predicted octanol–water partition coefficient (Wildman–Crippen LogP) is 3.26. The largest absolute Gasteiger partial charge is 0.573 e. The highest BCUT2D eigenvalue weighted by Crippen LogP contribution is 2.29. The van der Waals surface area contributed by atoms with Crippen molar-refractivity contribution in [2.24, 2.45) is 0 Å². The first-order valence-corrected chi connectivity index (χ1v) is 4.92. The van der Waals surface area contributed by atoms with Crippen LogP contribution < -0.4 is 4.74 Å². The van der Waals surface area contributed by atoms with E-state index in [4.69, 9.17) is 5.26 Å². The minimum absolute atomic E-state index is 0.0628. The zero-order valence-electron chi connectivity index (χ0n) is 7.31. The van der Waals surface area contributed by atoms with E-state index in [1.54, 1.807) is 28.7 Å². The van der Waals surface area contributed by atoms with Gasteiger partial charge < -0.3 is 4.74 Å². The van der Waals surface area contributed by atoms with Crippen molar-refractivity contribution < 1.29 is 17.9 Å². The van der Waals surface area contributed by atoms with Gasteiger partial charge in [-0.3, -0.25) is 0 Å². The zero-order valence-corrected chi connectivity index (χ0v) is 9.46. The highest BCUT2D eigenvalue weighted by atomic mass is 127. The lowest BCUT2D eigenvalue weighted by Gasteiger charge is -2.11. The fourth-order valence-corrected chi connectivity index (χ4v) is 1.64. The maximum Gasteiger partial charge on any atom is 0.573 e. The van der Waals surface area contributed by atoms with Gasteiger partial charge in [0.2, 0.25) is 0 Å². The summed E-state index contributed by atoms with van der Waals surface area (Å²) in [4.78, 5) is 0. The van der Waals surface area contributed by atoms with Gasteiger partial charge in [-0.15, -0.1) is 13.2 Å². The lowest BCUT2D eigenvalue weighted by molar-refractivity contribution is -0.274. The van der Waals surface area contributed by atoms with Crippen LogP contribution >= 0.6 is 22.6 Å². The molecule has 0 atom stereocenters. The third-order valence-corrected chi connectivity index (χ3v) is 2.76. The average Bonchev–Trinajstić information content (AvgIpc) is 2.10. The lowest BCUT2D eigenvalue weighted by Crippen LogP contribution is -2.18. The highest BCUT2D eigenvalue weighted by molar-refractivity contribution is 14.1. The predicted molar refractivity (Wildman–Crippen MR) is 55.2 cm³/mol. The molecule has 0 N–H and O–H groups in total. The van der Waals surface area contributed by atoms with Crippen molar-refractivity contribution in [1.29, 1.82) is 5.26 Å². The topological polar surface area (TPSA) is 33.0 Å². The van der Waals surface area contributed by atoms with Gasteiger partial charge in [-0.25, -0.2) is 0 Å². The molecule has 0 aliphatic heterocycles. The summed E-state index contributed by atoms with van der Waals surface area (Å²) in [5.41, 5.74) is 0.528.